The summed E-state index contributed by atoms with van der Waals surface area (Å²) in [7, 11) is 1.33. The van der Waals surface area contributed by atoms with Crippen LogP contribution in [0.2, 0.25) is 0 Å². The summed E-state index contributed by atoms with van der Waals surface area (Å²) in [5.74, 6) is 0.916. The maximum absolute atomic E-state index is 14.3. The number of carbonyl (C=O) groups excluding carboxylic acids is 3. The number of likely N-dealkylation sites (N-methyl/N-ethyl adjacent to an activating group) is 1. The van der Waals surface area contributed by atoms with E-state index >= 15 is 0 Å². The Morgan fingerprint density at radius 2 is 1.40 bits per heavy atom. The van der Waals surface area contributed by atoms with Crippen LogP contribution in [0.3, 0.4) is 0 Å². The number of nitrogens with one attached hydrogen (secondary N) is 2. The summed E-state index contributed by atoms with van der Waals surface area (Å²) in [4.78, 5) is 59.6. The highest BCUT2D eigenvalue weighted by Crippen LogP contribution is 2.35. The van der Waals surface area contributed by atoms with Crippen LogP contribution in [0, 0.1) is 0 Å². The summed E-state index contributed by atoms with van der Waals surface area (Å²) in [5, 5.41) is 2.86. The third-order valence-corrected chi connectivity index (χ3v) is 12.7. The molecule has 11 nitrogen and oxygen atoms in total. The van der Waals surface area contributed by atoms with Crippen LogP contribution in [-0.4, -0.2) is 93.7 Å². The SMILES string of the molecule is CCN(CC)[C@@H](C(=O)N1CCC[C@H]1C1=NC=C(c2ccc(-c3ccc(-c4cnc([C@@H]5CCCN5C(=O)C[C@H](Cc5ccccc5)NC(=O)OC)[nH]4)cc3)cc2)C1)c1ccccc1. The summed E-state index contributed by atoms with van der Waals surface area (Å²) < 4.78 is 4.86. The molecule has 4 aromatic carbocycles. The molecular formula is C51H57N7O4. The molecule has 5 aromatic rings. The van der Waals surface area contributed by atoms with Crippen molar-refractivity contribution >= 4 is 29.2 Å². The van der Waals surface area contributed by atoms with Crippen LogP contribution >= 0.6 is 0 Å². The van der Waals surface area contributed by atoms with Gasteiger partial charge in [-0.1, -0.05) is 123 Å². The van der Waals surface area contributed by atoms with Crippen molar-refractivity contribution < 1.29 is 19.1 Å². The molecule has 4 heterocycles. The zero-order valence-electron chi connectivity index (χ0n) is 36.0. The van der Waals surface area contributed by atoms with Gasteiger partial charge in [-0.25, -0.2) is 9.78 Å². The largest absolute Gasteiger partial charge is 0.453 e. The van der Waals surface area contributed by atoms with Gasteiger partial charge >= 0.3 is 6.09 Å². The van der Waals surface area contributed by atoms with Crippen molar-refractivity contribution in [3.05, 3.63) is 144 Å². The highest BCUT2D eigenvalue weighted by molar-refractivity contribution is 6.03. The van der Waals surface area contributed by atoms with Gasteiger partial charge < -0.3 is 24.8 Å². The molecule has 8 rings (SSSR count). The van der Waals surface area contributed by atoms with Gasteiger partial charge in [0.05, 0.1) is 31.1 Å². The Morgan fingerprint density at radius 3 is 2.06 bits per heavy atom. The number of alkyl carbamates (subject to hydrolysis) is 1. The number of rotatable bonds is 15. The quantitative estimate of drug-likeness (QED) is 0.109. The molecule has 62 heavy (non-hydrogen) atoms. The van der Waals surface area contributed by atoms with Gasteiger partial charge in [-0.2, -0.15) is 0 Å². The Morgan fingerprint density at radius 1 is 0.790 bits per heavy atom. The lowest BCUT2D eigenvalue weighted by atomic mass is 9.96. The fourth-order valence-corrected chi connectivity index (χ4v) is 9.44. The first-order valence-corrected chi connectivity index (χ1v) is 22.1. The van der Waals surface area contributed by atoms with Crippen LogP contribution in [0.5, 0.6) is 0 Å². The molecule has 3 aliphatic heterocycles. The number of aromatic nitrogens is 2. The molecular weight excluding hydrogens is 775 g/mol. The van der Waals surface area contributed by atoms with Crippen molar-refractivity contribution in [3.8, 4) is 22.4 Å². The predicted molar refractivity (Wildman–Crippen MR) is 244 cm³/mol. The summed E-state index contributed by atoms with van der Waals surface area (Å²) in [5.41, 5.74) is 9.60. The maximum atomic E-state index is 14.3. The van der Waals surface area contributed by atoms with Crippen molar-refractivity contribution in [1.82, 2.24) is 30.0 Å². The van der Waals surface area contributed by atoms with Crippen LogP contribution in [0.15, 0.2) is 127 Å². The second kappa shape index (κ2) is 19.6. The van der Waals surface area contributed by atoms with Crippen LogP contribution < -0.4 is 5.32 Å². The third-order valence-electron chi connectivity index (χ3n) is 12.7. The number of methoxy groups -OCH3 is 1. The van der Waals surface area contributed by atoms with Crippen molar-refractivity contribution in [1.29, 1.82) is 0 Å². The van der Waals surface area contributed by atoms with Gasteiger partial charge in [0.15, 0.2) is 0 Å². The molecule has 3 amide bonds. The highest BCUT2D eigenvalue weighted by Gasteiger charge is 2.39. The molecule has 4 atom stereocenters. The zero-order chi connectivity index (χ0) is 43.0. The first-order valence-electron chi connectivity index (χ1n) is 22.1. The number of ether oxygens (including phenoxy) is 1. The van der Waals surface area contributed by atoms with Gasteiger partial charge in [-0.15, -0.1) is 0 Å². The molecule has 3 aliphatic rings. The van der Waals surface area contributed by atoms with E-state index in [1.165, 1.54) is 12.7 Å². The fraction of sp³-hybridized carbons (Fsp3) is 0.353. The summed E-state index contributed by atoms with van der Waals surface area (Å²) in [6, 6.07) is 36.3. The number of aliphatic imine (C=N–C) groups is 1. The van der Waals surface area contributed by atoms with Crippen LogP contribution in [0.25, 0.3) is 28.0 Å². The number of hydrogen-bond donors (Lipinski definition) is 2. The lowest BCUT2D eigenvalue weighted by Crippen LogP contribution is -2.47. The van der Waals surface area contributed by atoms with E-state index in [4.69, 9.17) is 14.7 Å². The van der Waals surface area contributed by atoms with E-state index in [1.54, 1.807) is 0 Å². The molecule has 2 saturated heterocycles. The highest BCUT2D eigenvalue weighted by atomic mass is 16.5. The van der Waals surface area contributed by atoms with Crippen molar-refractivity contribution in [3.63, 3.8) is 0 Å². The van der Waals surface area contributed by atoms with Gasteiger partial charge in [0.25, 0.3) is 0 Å². The van der Waals surface area contributed by atoms with Gasteiger partial charge in [0.1, 0.15) is 11.9 Å². The van der Waals surface area contributed by atoms with Crippen LogP contribution in [-0.2, 0) is 20.7 Å². The number of allylic oxidation sites excluding steroid dienone is 1. The molecule has 0 bridgehead atoms. The van der Waals surface area contributed by atoms with Crippen molar-refractivity contribution in [2.24, 2.45) is 4.99 Å². The van der Waals surface area contributed by atoms with E-state index in [2.05, 4.69) is 94.6 Å². The minimum Gasteiger partial charge on any atom is -0.453 e. The van der Waals surface area contributed by atoms with Crippen LogP contribution in [0.1, 0.15) is 87.0 Å². The number of nitrogens with zero attached hydrogens (tertiary/aromatic N) is 5. The smallest absolute Gasteiger partial charge is 0.407 e. The van der Waals surface area contributed by atoms with Gasteiger partial charge in [0.2, 0.25) is 11.8 Å². The molecule has 11 heteroatoms. The van der Waals surface area contributed by atoms with Crippen LogP contribution in [0.4, 0.5) is 4.79 Å². The number of amides is 3. The Labute approximate surface area is 364 Å². The molecule has 320 valence electrons. The van der Waals surface area contributed by atoms with E-state index in [0.717, 1.165) is 102 Å². The average molecular weight is 832 g/mol. The van der Waals surface area contributed by atoms with Gasteiger partial charge in [-0.05, 0) is 84.1 Å². The number of aromatic amines is 1. The molecule has 2 N–H and O–H groups in total. The molecule has 0 aliphatic carbocycles. The van der Waals surface area contributed by atoms with Gasteiger partial charge in [-0.3, -0.25) is 19.5 Å². The minimum atomic E-state index is -0.549. The number of H-pyrrole nitrogens is 1. The first kappa shape index (κ1) is 42.4. The van der Waals surface area contributed by atoms with E-state index in [0.29, 0.717) is 13.0 Å². The normalized spacial score (nSPS) is 18.4. The van der Waals surface area contributed by atoms with E-state index < -0.39 is 12.1 Å². The second-order valence-corrected chi connectivity index (χ2v) is 16.5. The number of imidazole rings is 1. The lowest BCUT2D eigenvalue weighted by molar-refractivity contribution is -0.137. The first-order chi connectivity index (χ1) is 30.3. The fourth-order valence-electron chi connectivity index (χ4n) is 9.44. The zero-order valence-corrected chi connectivity index (χ0v) is 36.0. The summed E-state index contributed by atoms with van der Waals surface area (Å²) in [6.07, 6.45) is 8.33. The topological polar surface area (TPSA) is 123 Å². The number of likely N-dealkylation sites (tertiary alicyclic amines) is 2. The van der Waals surface area contributed by atoms with Gasteiger partial charge in [0, 0.05) is 43.9 Å². The Hall–Kier alpha value is -6.33. The Balaban J connectivity index is 0.880. The predicted octanol–water partition coefficient (Wildman–Crippen LogP) is 9.02. The Bertz CT molecular complexity index is 2370. The third kappa shape index (κ3) is 9.43. The average Bonchev–Trinajstić information content (AvgIpc) is 4.16. The summed E-state index contributed by atoms with van der Waals surface area (Å²) in [6.45, 7) is 7.26. The number of benzene rings is 4. The minimum absolute atomic E-state index is 0.0149. The molecule has 2 fully saturated rings. The second-order valence-electron chi connectivity index (χ2n) is 16.5. The Kier molecular flexibility index (Phi) is 13.4. The molecule has 0 spiro atoms. The summed E-state index contributed by atoms with van der Waals surface area (Å²) >= 11 is 0. The standard InChI is InChI=1S/C51H57N7O4/c1-4-56(5-2)48(40-16-10-7-11-17-40)50(60)58-29-12-18-45(58)43-31-41(33-52-43)38-22-20-36(21-23-38)37-24-26-39(27-25-37)44-34-53-49(55-44)46-19-13-28-57(46)47(59)32-42(54-51(61)62-3)30-35-14-8-6-9-15-35/h6-11,14-17,20-27,33-34,42,45-46,48H,4-5,12-13,18-19,28-32H2,1-3H3,(H,53,55)(H,54,61)/t42-,45-,46-,48+/m0/s1. The monoisotopic (exact) mass is 831 g/mol. The maximum Gasteiger partial charge on any atom is 0.407 e. The van der Waals surface area contributed by atoms with E-state index in [9.17, 15) is 14.4 Å². The van der Waals surface area contributed by atoms with Crippen molar-refractivity contribution in [2.45, 2.75) is 83.0 Å². The lowest BCUT2D eigenvalue weighted by Gasteiger charge is -2.35. The molecule has 0 saturated carbocycles. The number of carbonyl (C=O) groups is 3. The van der Waals surface area contributed by atoms with Crippen molar-refractivity contribution in [2.75, 3.05) is 33.3 Å². The molecule has 1 aromatic heterocycles. The number of hydrogen-bond acceptors (Lipinski definition) is 7. The molecule has 0 unspecified atom stereocenters. The van der Waals surface area contributed by atoms with E-state index in [1.807, 2.05) is 65.8 Å². The molecule has 0 radical (unpaired) electrons. The van der Waals surface area contributed by atoms with E-state index in [-0.39, 0.29) is 36.4 Å².